The molecule has 0 aliphatic heterocycles. The van der Waals surface area contributed by atoms with Gasteiger partial charge >= 0.3 is 0 Å². The Morgan fingerprint density at radius 2 is 0.981 bits per heavy atom. The molecule has 1 heterocycles. The van der Waals surface area contributed by atoms with Gasteiger partial charge in [-0.25, -0.2) is 0 Å². The zero-order valence-electron chi connectivity index (χ0n) is 29.6. The summed E-state index contributed by atoms with van der Waals surface area (Å²) in [5.41, 5.74) is 12.5. The molecular formula is C51H35NO. The number of anilines is 3. The fraction of sp³-hybridized carbons (Fsp3) is 0.0588. The topological polar surface area (TPSA) is 16.4 Å². The van der Waals surface area contributed by atoms with E-state index in [4.69, 9.17) is 4.42 Å². The molecule has 1 aliphatic rings. The number of hydrogen-bond acceptors (Lipinski definition) is 2. The Morgan fingerprint density at radius 1 is 0.396 bits per heavy atom. The number of benzene rings is 9. The van der Waals surface area contributed by atoms with Crippen LogP contribution in [0.4, 0.5) is 17.1 Å². The first-order valence-electron chi connectivity index (χ1n) is 18.4. The summed E-state index contributed by atoms with van der Waals surface area (Å²) in [7, 11) is 0. The zero-order valence-corrected chi connectivity index (χ0v) is 29.6. The van der Waals surface area contributed by atoms with Gasteiger partial charge in [0.25, 0.3) is 0 Å². The van der Waals surface area contributed by atoms with Crippen molar-refractivity contribution in [2.75, 3.05) is 4.90 Å². The summed E-state index contributed by atoms with van der Waals surface area (Å²) in [5.74, 6) is 0. The second-order valence-electron chi connectivity index (χ2n) is 14.9. The van der Waals surface area contributed by atoms with E-state index in [0.29, 0.717) is 0 Å². The van der Waals surface area contributed by atoms with E-state index in [1.807, 2.05) is 0 Å². The van der Waals surface area contributed by atoms with E-state index >= 15 is 0 Å². The van der Waals surface area contributed by atoms with Crippen molar-refractivity contribution in [3.8, 4) is 22.3 Å². The van der Waals surface area contributed by atoms with Crippen molar-refractivity contribution >= 4 is 71.3 Å². The van der Waals surface area contributed by atoms with Crippen molar-refractivity contribution in [2.24, 2.45) is 0 Å². The molecule has 250 valence electrons. The molecule has 0 saturated heterocycles. The van der Waals surface area contributed by atoms with Gasteiger partial charge in [-0.15, -0.1) is 0 Å². The van der Waals surface area contributed by atoms with Crippen LogP contribution in [-0.4, -0.2) is 0 Å². The number of rotatable bonds is 4. The van der Waals surface area contributed by atoms with E-state index in [-0.39, 0.29) is 5.41 Å². The molecule has 2 nitrogen and oxygen atoms in total. The van der Waals surface area contributed by atoms with Crippen LogP contribution in [0.15, 0.2) is 180 Å². The molecule has 11 rings (SSSR count). The van der Waals surface area contributed by atoms with Crippen molar-refractivity contribution < 1.29 is 4.42 Å². The maximum absolute atomic E-state index is 7.30. The van der Waals surface area contributed by atoms with Crippen molar-refractivity contribution in [2.45, 2.75) is 19.3 Å². The Morgan fingerprint density at radius 3 is 1.83 bits per heavy atom. The van der Waals surface area contributed by atoms with E-state index in [1.165, 1.54) is 60.1 Å². The molecule has 1 aromatic heterocycles. The van der Waals surface area contributed by atoms with Gasteiger partial charge in [0.05, 0.1) is 11.4 Å². The lowest BCUT2D eigenvalue weighted by Gasteiger charge is -2.29. The van der Waals surface area contributed by atoms with Crippen LogP contribution in [0, 0.1) is 0 Å². The Labute approximate surface area is 308 Å². The minimum atomic E-state index is -0.134. The molecule has 9 aromatic carbocycles. The zero-order chi connectivity index (χ0) is 35.3. The lowest BCUT2D eigenvalue weighted by atomic mass is 9.82. The average molecular weight is 678 g/mol. The van der Waals surface area contributed by atoms with E-state index in [1.54, 1.807) is 0 Å². The maximum atomic E-state index is 7.30. The standard InChI is InChI=1S/C51H35NO/c1-51(2)44-25-10-9-22-39(44)40-29-28-35(31-45(40)51)52(46-26-12-18-33-15-4-7-20-37(33)46)47-27-13-24-42-43-30-34-16-5-8-21-38(34)48(50(43)53-49(42)47)41-23-11-17-32-14-3-6-19-36(32)41/h3-31H,1-2H3. The summed E-state index contributed by atoms with van der Waals surface area (Å²) in [6.45, 7) is 4.70. The summed E-state index contributed by atoms with van der Waals surface area (Å²) in [6, 6.07) is 64.1. The van der Waals surface area contributed by atoms with E-state index in [2.05, 4.69) is 195 Å². The second-order valence-corrected chi connectivity index (χ2v) is 14.9. The summed E-state index contributed by atoms with van der Waals surface area (Å²) in [4.78, 5) is 2.42. The molecule has 10 aromatic rings. The highest BCUT2D eigenvalue weighted by atomic mass is 16.3. The van der Waals surface area contributed by atoms with Gasteiger partial charge in [0.1, 0.15) is 5.58 Å². The minimum Gasteiger partial charge on any atom is -0.453 e. The molecule has 0 spiro atoms. The average Bonchev–Trinajstić information content (AvgIpc) is 3.69. The van der Waals surface area contributed by atoms with Gasteiger partial charge in [-0.05, 0) is 85.1 Å². The first-order valence-corrected chi connectivity index (χ1v) is 18.4. The van der Waals surface area contributed by atoms with Crippen LogP contribution in [0.3, 0.4) is 0 Å². The van der Waals surface area contributed by atoms with E-state index in [9.17, 15) is 0 Å². The fourth-order valence-corrected chi connectivity index (χ4v) is 9.11. The first kappa shape index (κ1) is 30.0. The van der Waals surface area contributed by atoms with Crippen molar-refractivity contribution in [3.63, 3.8) is 0 Å². The molecule has 0 N–H and O–H groups in total. The van der Waals surface area contributed by atoms with Gasteiger partial charge in [-0.3, -0.25) is 0 Å². The number of fused-ring (bicyclic) bond motifs is 9. The highest BCUT2D eigenvalue weighted by Crippen LogP contribution is 2.52. The normalized spacial score (nSPS) is 13.2. The molecule has 53 heavy (non-hydrogen) atoms. The summed E-state index contributed by atoms with van der Waals surface area (Å²) in [6.07, 6.45) is 0. The molecule has 0 unspecified atom stereocenters. The van der Waals surface area contributed by atoms with Gasteiger partial charge < -0.3 is 9.32 Å². The Bertz CT molecular complexity index is 3100. The largest absolute Gasteiger partial charge is 0.453 e. The summed E-state index contributed by atoms with van der Waals surface area (Å²) >= 11 is 0. The van der Waals surface area contributed by atoms with Crippen molar-refractivity contribution in [1.29, 1.82) is 0 Å². The SMILES string of the molecule is CC1(C)c2ccccc2-c2ccc(N(c3cccc4ccccc34)c3cccc4c3oc3c(-c5cccc6ccccc56)c5ccccc5cc34)cc21. The van der Waals surface area contributed by atoms with Gasteiger partial charge in [0, 0.05) is 32.8 Å². The molecular weight excluding hydrogens is 643 g/mol. The predicted molar refractivity (Wildman–Crippen MR) is 224 cm³/mol. The summed E-state index contributed by atoms with van der Waals surface area (Å²) < 4.78 is 7.30. The van der Waals surface area contributed by atoms with Crippen LogP contribution in [0.1, 0.15) is 25.0 Å². The van der Waals surface area contributed by atoms with Gasteiger partial charge in [0.2, 0.25) is 0 Å². The van der Waals surface area contributed by atoms with E-state index in [0.717, 1.165) is 44.6 Å². The van der Waals surface area contributed by atoms with Gasteiger partial charge in [0.15, 0.2) is 5.58 Å². The molecule has 0 amide bonds. The Balaban J connectivity index is 1.23. The molecule has 1 aliphatic carbocycles. The fourth-order valence-electron chi connectivity index (χ4n) is 9.11. The highest BCUT2D eigenvalue weighted by molar-refractivity contribution is 6.22. The van der Waals surface area contributed by atoms with Crippen molar-refractivity contribution in [3.05, 3.63) is 187 Å². The van der Waals surface area contributed by atoms with Gasteiger partial charge in [-0.2, -0.15) is 0 Å². The molecule has 2 heteroatoms. The monoisotopic (exact) mass is 677 g/mol. The van der Waals surface area contributed by atoms with Crippen LogP contribution in [0.5, 0.6) is 0 Å². The van der Waals surface area contributed by atoms with Crippen molar-refractivity contribution in [1.82, 2.24) is 0 Å². The highest BCUT2D eigenvalue weighted by Gasteiger charge is 2.36. The van der Waals surface area contributed by atoms with Crippen LogP contribution in [-0.2, 0) is 5.41 Å². The summed E-state index contributed by atoms with van der Waals surface area (Å²) in [5, 5.41) is 9.42. The number of nitrogens with zero attached hydrogens (tertiary/aromatic N) is 1. The Kier molecular flexibility index (Phi) is 6.33. The van der Waals surface area contributed by atoms with Gasteiger partial charge in [-0.1, -0.05) is 159 Å². The quantitative estimate of drug-likeness (QED) is 0.184. The van der Waals surface area contributed by atoms with E-state index < -0.39 is 0 Å². The van der Waals surface area contributed by atoms with Crippen LogP contribution in [0.2, 0.25) is 0 Å². The Hall–Kier alpha value is -6.64. The van der Waals surface area contributed by atoms with Crippen LogP contribution >= 0.6 is 0 Å². The molecule has 0 saturated carbocycles. The number of hydrogen-bond donors (Lipinski definition) is 0. The number of furan rings is 1. The third-order valence-corrected chi connectivity index (χ3v) is 11.6. The first-order chi connectivity index (χ1) is 26.1. The molecule has 0 atom stereocenters. The molecule has 0 fully saturated rings. The molecule has 0 radical (unpaired) electrons. The second kappa shape index (κ2) is 11.2. The lowest BCUT2D eigenvalue weighted by molar-refractivity contribution is 0.660. The van der Waals surface area contributed by atoms with Crippen LogP contribution in [0.25, 0.3) is 76.5 Å². The predicted octanol–water partition coefficient (Wildman–Crippen LogP) is 14.5. The van der Waals surface area contributed by atoms with Crippen LogP contribution < -0.4 is 4.90 Å². The third kappa shape index (κ3) is 4.33. The third-order valence-electron chi connectivity index (χ3n) is 11.6. The number of para-hydroxylation sites is 1. The maximum Gasteiger partial charge on any atom is 0.159 e. The smallest absolute Gasteiger partial charge is 0.159 e. The lowest BCUT2D eigenvalue weighted by Crippen LogP contribution is -2.16. The molecule has 0 bridgehead atoms. The minimum absolute atomic E-state index is 0.134.